The summed E-state index contributed by atoms with van der Waals surface area (Å²) in [4.78, 5) is 0. The molecule has 0 fully saturated rings. The zero-order valence-electron chi connectivity index (χ0n) is 10.9. The van der Waals surface area contributed by atoms with E-state index in [1.54, 1.807) is 11.1 Å². The minimum atomic E-state index is 0.492. The summed E-state index contributed by atoms with van der Waals surface area (Å²) in [6, 6.07) is 0. The molecule has 0 atom stereocenters. The maximum absolute atomic E-state index is 2.45. The molecule has 0 aromatic rings. The van der Waals surface area contributed by atoms with Crippen LogP contribution in [-0.4, -0.2) is 0 Å². The van der Waals surface area contributed by atoms with Crippen LogP contribution in [0.1, 0.15) is 66.2 Å². The summed E-state index contributed by atoms with van der Waals surface area (Å²) in [5, 5.41) is 0. The van der Waals surface area contributed by atoms with Crippen molar-refractivity contribution in [2.45, 2.75) is 66.2 Å². The summed E-state index contributed by atoms with van der Waals surface area (Å²) in [5.41, 5.74) is 3.64. The van der Waals surface area contributed by atoms with E-state index in [1.807, 2.05) is 0 Å². The normalized spacial score (nSPS) is 30.7. The Labute approximate surface area is 95.5 Å². The van der Waals surface area contributed by atoms with Gasteiger partial charge in [-0.2, -0.15) is 0 Å². The van der Waals surface area contributed by atoms with Crippen LogP contribution in [0.15, 0.2) is 23.3 Å². The summed E-state index contributed by atoms with van der Waals surface area (Å²) in [6.07, 6.45) is 12.6. The van der Waals surface area contributed by atoms with Gasteiger partial charge < -0.3 is 0 Å². The van der Waals surface area contributed by atoms with E-state index in [0.717, 1.165) is 0 Å². The SMILES string of the molecule is C/C1=C\CC(C)(C)CCC/C(C)=C/CC1. The van der Waals surface area contributed by atoms with E-state index in [9.17, 15) is 0 Å². The second-order valence-corrected chi connectivity index (χ2v) is 5.86. The first-order valence-electron chi connectivity index (χ1n) is 6.31. The predicted octanol–water partition coefficient (Wildman–Crippen LogP) is 5.26. The summed E-state index contributed by atoms with van der Waals surface area (Å²) in [5.74, 6) is 0. The summed E-state index contributed by atoms with van der Waals surface area (Å²) < 4.78 is 0. The molecule has 0 heterocycles. The van der Waals surface area contributed by atoms with Gasteiger partial charge >= 0.3 is 0 Å². The number of rotatable bonds is 0. The Morgan fingerprint density at radius 2 is 1.67 bits per heavy atom. The van der Waals surface area contributed by atoms with Crippen molar-refractivity contribution in [3.8, 4) is 0 Å². The molecular weight excluding hydrogens is 180 g/mol. The molecule has 1 rings (SSSR count). The van der Waals surface area contributed by atoms with Gasteiger partial charge in [0.25, 0.3) is 0 Å². The average molecular weight is 206 g/mol. The molecule has 0 aromatic carbocycles. The molecule has 0 N–H and O–H groups in total. The van der Waals surface area contributed by atoms with Crippen molar-refractivity contribution >= 4 is 0 Å². The summed E-state index contributed by atoms with van der Waals surface area (Å²) in [7, 11) is 0. The number of hydrogen-bond donors (Lipinski definition) is 0. The van der Waals surface area contributed by atoms with E-state index in [2.05, 4.69) is 39.8 Å². The number of allylic oxidation sites excluding steroid dienone is 4. The van der Waals surface area contributed by atoms with Gasteiger partial charge in [-0.1, -0.05) is 37.1 Å². The molecule has 1 aliphatic rings. The highest BCUT2D eigenvalue weighted by Crippen LogP contribution is 2.30. The number of hydrogen-bond acceptors (Lipinski definition) is 0. The van der Waals surface area contributed by atoms with Crippen LogP contribution in [0.25, 0.3) is 0 Å². The van der Waals surface area contributed by atoms with Gasteiger partial charge in [-0.05, 0) is 57.8 Å². The van der Waals surface area contributed by atoms with Crippen LogP contribution >= 0.6 is 0 Å². The second kappa shape index (κ2) is 5.53. The molecule has 0 saturated heterocycles. The van der Waals surface area contributed by atoms with Crippen molar-refractivity contribution in [1.29, 1.82) is 0 Å². The lowest BCUT2D eigenvalue weighted by Crippen LogP contribution is -2.09. The van der Waals surface area contributed by atoms with Gasteiger partial charge in [-0.25, -0.2) is 0 Å². The zero-order valence-corrected chi connectivity index (χ0v) is 10.9. The topological polar surface area (TPSA) is 0 Å². The van der Waals surface area contributed by atoms with Crippen molar-refractivity contribution in [3.63, 3.8) is 0 Å². The maximum atomic E-state index is 2.45. The monoisotopic (exact) mass is 206 g/mol. The maximum Gasteiger partial charge on any atom is -0.0288 e. The van der Waals surface area contributed by atoms with E-state index in [1.165, 1.54) is 38.5 Å². The van der Waals surface area contributed by atoms with Crippen LogP contribution in [0.2, 0.25) is 0 Å². The Morgan fingerprint density at radius 3 is 2.40 bits per heavy atom. The third-order valence-electron chi connectivity index (χ3n) is 3.46. The van der Waals surface area contributed by atoms with Crippen LogP contribution in [0.5, 0.6) is 0 Å². The van der Waals surface area contributed by atoms with Crippen LogP contribution < -0.4 is 0 Å². The van der Waals surface area contributed by atoms with Gasteiger partial charge in [-0.15, -0.1) is 0 Å². The smallest absolute Gasteiger partial charge is 0.0288 e. The minimum absolute atomic E-state index is 0.492. The average Bonchev–Trinajstić information content (AvgIpc) is 2.15. The van der Waals surface area contributed by atoms with E-state index in [0.29, 0.717) is 5.41 Å². The quantitative estimate of drug-likeness (QED) is 0.474. The van der Waals surface area contributed by atoms with Gasteiger partial charge in [0.2, 0.25) is 0 Å². The van der Waals surface area contributed by atoms with Crippen LogP contribution in [0.4, 0.5) is 0 Å². The Morgan fingerprint density at radius 1 is 1.00 bits per heavy atom. The highest BCUT2D eigenvalue weighted by Gasteiger charge is 2.16. The third kappa shape index (κ3) is 5.20. The third-order valence-corrected chi connectivity index (χ3v) is 3.46. The fourth-order valence-electron chi connectivity index (χ4n) is 2.15. The molecule has 0 amide bonds. The van der Waals surface area contributed by atoms with Gasteiger partial charge in [0, 0.05) is 0 Å². The molecular formula is C15H26. The van der Waals surface area contributed by atoms with Gasteiger partial charge in [0.15, 0.2) is 0 Å². The molecule has 0 heteroatoms. The van der Waals surface area contributed by atoms with Gasteiger partial charge in [0.1, 0.15) is 0 Å². The molecule has 0 spiro atoms. The molecule has 0 aromatic heterocycles. The Hall–Kier alpha value is -0.520. The molecule has 0 nitrogen and oxygen atoms in total. The molecule has 0 saturated carbocycles. The zero-order chi connectivity index (χ0) is 11.3. The first-order chi connectivity index (χ1) is 6.99. The van der Waals surface area contributed by atoms with E-state index in [4.69, 9.17) is 0 Å². The van der Waals surface area contributed by atoms with Crippen molar-refractivity contribution in [2.75, 3.05) is 0 Å². The molecule has 1 aliphatic carbocycles. The second-order valence-electron chi connectivity index (χ2n) is 5.86. The fraction of sp³-hybridized carbons (Fsp3) is 0.733. The van der Waals surface area contributed by atoms with Crippen molar-refractivity contribution in [1.82, 2.24) is 0 Å². The molecule has 0 aliphatic heterocycles. The van der Waals surface area contributed by atoms with E-state index >= 15 is 0 Å². The molecule has 86 valence electrons. The van der Waals surface area contributed by atoms with E-state index in [-0.39, 0.29) is 0 Å². The van der Waals surface area contributed by atoms with Crippen LogP contribution in [0.3, 0.4) is 0 Å². The van der Waals surface area contributed by atoms with E-state index < -0.39 is 0 Å². The first kappa shape index (κ1) is 12.5. The molecule has 0 bridgehead atoms. The minimum Gasteiger partial charge on any atom is -0.0853 e. The lowest BCUT2D eigenvalue weighted by molar-refractivity contribution is 0.329. The Kier molecular flexibility index (Phi) is 4.63. The lowest BCUT2D eigenvalue weighted by Gasteiger charge is -2.23. The fourth-order valence-corrected chi connectivity index (χ4v) is 2.15. The van der Waals surface area contributed by atoms with Crippen molar-refractivity contribution in [2.24, 2.45) is 5.41 Å². The Balaban J connectivity index is 2.66. The van der Waals surface area contributed by atoms with Crippen LogP contribution in [0, 0.1) is 5.41 Å². The predicted molar refractivity (Wildman–Crippen MR) is 69.0 cm³/mol. The summed E-state index contributed by atoms with van der Waals surface area (Å²) in [6.45, 7) is 9.35. The van der Waals surface area contributed by atoms with Gasteiger partial charge in [0.05, 0.1) is 0 Å². The van der Waals surface area contributed by atoms with Crippen LogP contribution in [-0.2, 0) is 0 Å². The van der Waals surface area contributed by atoms with Crippen molar-refractivity contribution in [3.05, 3.63) is 23.3 Å². The molecule has 0 unspecified atom stereocenters. The first-order valence-corrected chi connectivity index (χ1v) is 6.31. The lowest BCUT2D eigenvalue weighted by atomic mass is 9.83. The molecule has 15 heavy (non-hydrogen) atoms. The summed E-state index contributed by atoms with van der Waals surface area (Å²) >= 11 is 0. The molecule has 0 radical (unpaired) electrons. The highest BCUT2D eigenvalue weighted by molar-refractivity contribution is 5.05. The van der Waals surface area contributed by atoms with Gasteiger partial charge in [-0.3, -0.25) is 0 Å². The Bertz CT molecular complexity index is 253. The van der Waals surface area contributed by atoms with Crippen molar-refractivity contribution < 1.29 is 0 Å². The highest BCUT2D eigenvalue weighted by atomic mass is 14.2. The largest absolute Gasteiger partial charge is 0.0853 e. The standard InChI is InChI=1S/C15H26/c1-13-7-5-8-14(2)10-12-15(3,4)11-6-9-13/h7,10H,5-6,8-9,11-12H2,1-4H3/b13-7+,14-10+.